The zero-order valence-corrected chi connectivity index (χ0v) is 15.5. The number of ether oxygens (including phenoxy) is 3. The van der Waals surface area contributed by atoms with Crippen LogP contribution in [0.5, 0.6) is 11.5 Å². The number of rotatable bonds is 6. The van der Waals surface area contributed by atoms with Crippen LogP contribution >= 0.6 is 0 Å². The number of nitrogens with zero attached hydrogens (tertiary/aromatic N) is 1. The molecule has 25 heavy (non-hydrogen) atoms. The molecule has 0 bridgehead atoms. The molecular formula is C18H26N2O5. The Morgan fingerprint density at radius 1 is 1.16 bits per heavy atom. The minimum Gasteiger partial charge on any atom is -0.493 e. The van der Waals surface area contributed by atoms with Crippen molar-refractivity contribution in [3.05, 3.63) is 28.3 Å². The number of aromatic amines is 1. The number of esters is 1. The van der Waals surface area contributed by atoms with Crippen LogP contribution in [0.4, 0.5) is 0 Å². The summed E-state index contributed by atoms with van der Waals surface area (Å²) in [5.74, 6) is 1.13. The molecule has 0 saturated heterocycles. The van der Waals surface area contributed by atoms with Crippen LogP contribution in [0, 0.1) is 6.92 Å². The molecule has 0 atom stereocenters. The summed E-state index contributed by atoms with van der Waals surface area (Å²) in [6.45, 7) is 6.16. The van der Waals surface area contributed by atoms with Gasteiger partial charge in [-0.3, -0.25) is 4.79 Å². The van der Waals surface area contributed by atoms with Crippen LogP contribution in [0.1, 0.15) is 38.8 Å². The van der Waals surface area contributed by atoms with Crippen LogP contribution in [0.25, 0.3) is 10.9 Å². The second-order valence-corrected chi connectivity index (χ2v) is 5.29. The standard InChI is InChI=1S/C11H12N2O3.C7H14O2/c1-6-7-4-9(15-2)10(16-3)5-8(7)13-11(14)12-6;1-3-5-6-7(8)9-4-2/h4-5H,1-3H3,(H,12,13,14);3-6H2,1-2H3. The number of hydrogen-bond donors (Lipinski definition) is 1. The molecule has 0 aliphatic heterocycles. The fourth-order valence-electron chi connectivity index (χ4n) is 2.19. The Labute approximate surface area is 147 Å². The van der Waals surface area contributed by atoms with Crippen molar-refractivity contribution in [3.63, 3.8) is 0 Å². The molecule has 0 radical (unpaired) electrons. The molecule has 0 spiro atoms. The van der Waals surface area contributed by atoms with E-state index in [-0.39, 0.29) is 11.7 Å². The zero-order valence-electron chi connectivity index (χ0n) is 15.5. The summed E-state index contributed by atoms with van der Waals surface area (Å²) in [6.07, 6.45) is 2.57. The maximum absolute atomic E-state index is 11.2. The van der Waals surface area contributed by atoms with Gasteiger partial charge >= 0.3 is 11.7 Å². The maximum Gasteiger partial charge on any atom is 0.345 e. The zero-order chi connectivity index (χ0) is 18.8. The highest BCUT2D eigenvalue weighted by molar-refractivity contribution is 5.84. The van der Waals surface area contributed by atoms with Gasteiger partial charge in [-0.1, -0.05) is 13.3 Å². The summed E-state index contributed by atoms with van der Waals surface area (Å²) in [7, 11) is 3.12. The van der Waals surface area contributed by atoms with Crippen molar-refractivity contribution in [2.24, 2.45) is 0 Å². The van der Waals surface area contributed by atoms with E-state index in [0.717, 1.165) is 18.2 Å². The summed E-state index contributed by atoms with van der Waals surface area (Å²) < 4.78 is 15.0. The van der Waals surface area contributed by atoms with Crippen molar-refractivity contribution < 1.29 is 19.0 Å². The van der Waals surface area contributed by atoms with Crippen molar-refractivity contribution in [1.29, 1.82) is 0 Å². The summed E-state index contributed by atoms with van der Waals surface area (Å²) >= 11 is 0. The maximum atomic E-state index is 11.2. The second-order valence-electron chi connectivity index (χ2n) is 5.29. The molecule has 1 aromatic carbocycles. The minimum atomic E-state index is -0.364. The average molecular weight is 350 g/mol. The van der Waals surface area contributed by atoms with E-state index in [0.29, 0.717) is 35.7 Å². The van der Waals surface area contributed by atoms with Gasteiger partial charge in [-0.2, -0.15) is 4.98 Å². The molecule has 2 aromatic rings. The van der Waals surface area contributed by atoms with E-state index in [2.05, 4.69) is 16.9 Å². The van der Waals surface area contributed by atoms with Gasteiger partial charge in [0.15, 0.2) is 11.5 Å². The van der Waals surface area contributed by atoms with E-state index in [4.69, 9.17) is 14.2 Å². The Bertz CT molecular complexity index is 755. The molecule has 0 fully saturated rings. The van der Waals surface area contributed by atoms with Crippen molar-refractivity contribution in [2.75, 3.05) is 20.8 Å². The predicted molar refractivity (Wildman–Crippen MR) is 96.4 cm³/mol. The largest absolute Gasteiger partial charge is 0.493 e. The molecule has 0 unspecified atom stereocenters. The Morgan fingerprint density at radius 2 is 1.80 bits per heavy atom. The number of methoxy groups -OCH3 is 2. The smallest absolute Gasteiger partial charge is 0.345 e. The molecule has 1 aromatic heterocycles. The lowest BCUT2D eigenvalue weighted by atomic mass is 10.2. The molecule has 138 valence electrons. The van der Waals surface area contributed by atoms with Gasteiger partial charge in [0, 0.05) is 17.9 Å². The number of hydrogen-bond acceptors (Lipinski definition) is 6. The first-order chi connectivity index (χ1) is 12.0. The third-order valence-electron chi connectivity index (χ3n) is 3.46. The Kier molecular flexibility index (Phi) is 8.46. The molecule has 0 saturated carbocycles. The number of carbonyl (C=O) groups excluding carboxylic acids is 1. The van der Waals surface area contributed by atoms with Gasteiger partial charge in [-0.25, -0.2) is 4.79 Å². The Morgan fingerprint density at radius 3 is 2.36 bits per heavy atom. The number of aromatic nitrogens is 2. The van der Waals surface area contributed by atoms with Gasteiger partial charge in [0.25, 0.3) is 0 Å². The quantitative estimate of drug-likeness (QED) is 0.806. The van der Waals surface area contributed by atoms with Crippen LogP contribution < -0.4 is 15.2 Å². The van der Waals surface area contributed by atoms with Crippen LogP contribution in [0.15, 0.2) is 16.9 Å². The van der Waals surface area contributed by atoms with Crippen LogP contribution in [0.3, 0.4) is 0 Å². The molecule has 7 nitrogen and oxygen atoms in total. The van der Waals surface area contributed by atoms with Gasteiger partial charge in [0.1, 0.15) is 0 Å². The minimum absolute atomic E-state index is 0.0700. The number of unbranched alkanes of at least 4 members (excludes halogenated alkanes) is 1. The molecule has 1 N–H and O–H groups in total. The van der Waals surface area contributed by atoms with Gasteiger partial charge in [0.05, 0.1) is 32.0 Å². The van der Waals surface area contributed by atoms with Gasteiger partial charge in [0.2, 0.25) is 0 Å². The van der Waals surface area contributed by atoms with E-state index >= 15 is 0 Å². The monoisotopic (exact) mass is 350 g/mol. The summed E-state index contributed by atoms with van der Waals surface area (Å²) in [5.41, 5.74) is 0.993. The summed E-state index contributed by atoms with van der Waals surface area (Å²) in [4.78, 5) is 28.3. The Hall–Kier alpha value is -2.57. The van der Waals surface area contributed by atoms with E-state index in [1.807, 2.05) is 6.92 Å². The molecule has 2 rings (SSSR count). The van der Waals surface area contributed by atoms with Crippen molar-refractivity contribution in [1.82, 2.24) is 9.97 Å². The Balaban J connectivity index is 0.000000299. The van der Waals surface area contributed by atoms with Crippen LogP contribution in [0.2, 0.25) is 0 Å². The normalized spacial score (nSPS) is 9.96. The lowest BCUT2D eigenvalue weighted by Crippen LogP contribution is -2.11. The molecule has 7 heteroatoms. The van der Waals surface area contributed by atoms with E-state index < -0.39 is 0 Å². The number of benzene rings is 1. The summed E-state index contributed by atoms with van der Waals surface area (Å²) in [6, 6.07) is 3.52. The average Bonchev–Trinajstić information content (AvgIpc) is 2.59. The second kappa shape index (κ2) is 10.3. The van der Waals surface area contributed by atoms with Crippen molar-refractivity contribution in [2.45, 2.75) is 40.0 Å². The van der Waals surface area contributed by atoms with Crippen molar-refractivity contribution >= 4 is 16.9 Å². The van der Waals surface area contributed by atoms with Crippen LogP contribution in [-0.2, 0) is 9.53 Å². The number of carbonyl (C=O) groups is 1. The first kappa shape index (κ1) is 20.5. The van der Waals surface area contributed by atoms with E-state index in [1.54, 1.807) is 33.3 Å². The van der Waals surface area contributed by atoms with Gasteiger partial charge < -0.3 is 19.2 Å². The van der Waals surface area contributed by atoms with Crippen molar-refractivity contribution in [3.8, 4) is 11.5 Å². The molecule has 1 heterocycles. The number of H-pyrrole nitrogens is 1. The number of aryl methyl sites for hydroxylation is 1. The van der Waals surface area contributed by atoms with Gasteiger partial charge in [-0.15, -0.1) is 0 Å². The fourth-order valence-corrected chi connectivity index (χ4v) is 2.19. The third kappa shape index (κ3) is 6.10. The molecular weight excluding hydrogens is 324 g/mol. The molecule has 0 aliphatic rings. The highest BCUT2D eigenvalue weighted by Gasteiger charge is 2.08. The first-order valence-electron chi connectivity index (χ1n) is 8.25. The fraction of sp³-hybridized carbons (Fsp3) is 0.500. The third-order valence-corrected chi connectivity index (χ3v) is 3.46. The predicted octanol–water partition coefficient (Wildman–Crippen LogP) is 2.99. The highest BCUT2D eigenvalue weighted by Crippen LogP contribution is 2.31. The molecule has 0 aliphatic carbocycles. The number of nitrogens with one attached hydrogen (secondary N) is 1. The molecule has 0 amide bonds. The lowest BCUT2D eigenvalue weighted by Gasteiger charge is -2.09. The SMILES string of the molecule is CCCCC(=O)OCC.COc1cc2[nH]c(=O)nc(C)c2cc1OC. The number of fused-ring (bicyclic) bond motifs is 1. The first-order valence-corrected chi connectivity index (χ1v) is 8.25. The highest BCUT2D eigenvalue weighted by atomic mass is 16.5. The van der Waals surface area contributed by atoms with E-state index in [1.165, 1.54) is 0 Å². The van der Waals surface area contributed by atoms with E-state index in [9.17, 15) is 9.59 Å². The topological polar surface area (TPSA) is 90.5 Å². The lowest BCUT2D eigenvalue weighted by molar-refractivity contribution is -0.143. The van der Waals surface area contributed by atoms with Gasteiger partial charge in [-0.05, 0) is 26.3 Å². The summed E-state index contributed by atoms with van der Waals surface area (Å²) in [5, 5.41) is 0.845. The van der Waals surface area contributed by atoms with Crippen LogP contribution in [-0.4, -0.2) is 36.8 Å².